The molecule has 0 saturated heterocycles. The van der Waals surface area contributed by atoms with Crippen LogP contribution in [0.1, 0.15) is 15.2 Å². The number of thiophene rings is 1. The highest BCUT2D eigenvalue weighted by Crippen LogP contribution is 2.12. The van der Waals surface area contributed by atoms with E-state index in [1.54, 1.807) is 0 Å². The highest BCUT2D eigenvalue weighted by atomic mass is 32.1. The summed E-state index contributed by atoms with van der Waals surface area (Å²) in [5.74, 6) is -0.109. The van der Waals surface area contributed by atoms with Gasteiger partial charge in [-0.25, -0.2) is 0 Å². The van der Waals surface area contributed by atoms with Crippen molar-refractivity contribution in [1.82, 2.24) is 5.32 Å². The fraction of sp³-hybridized carbons (Fsp3) is 0.375. The standard InChI is InChI=1S/C8H11NO2S/c1-6-4-7(12-5-6)8(11)9-2-3-10/h4-5,10H,2-3H2,1H3,(H,9,11). The minimum atomic E-state index is -0.109. The molecule has 0 aromatic carbocycles. The Hall–Kier alpha value is -0.870. The van der Waals surface area contributed by atoms with Crippen molar-refractivity contribution in [3.8, 4) is 0 Å². The van der Waals surface area contributed by atoms with Crippen molar-refractivity contribution < 1.29 is 9.90 Å². The zero-order valence-corrected chi connectivity index (χ0v) is 7.65. The molecular weight excluding hydrogens is 174 g/mol. The molecule has 0 bridgehead atoms. The SMILES string of the molecule is Cc1csc(C(=O)NCCO)c1. The van der Waals surface area contributed by atoms with E-state index in [9.17, 15) is 4.79 Å². The quantitative estimate of drug-likeness (QED) is 0.731. The Labute approximate surface area is 75.0 Å². The van der Waals surface area contributed by atoms with Crippen molar-refractivity contribution in [1.29, 1.82) is 0 Å². The molecule has 0 aliphatic heterocycles. The minimum Gasteiger partial charge on any atom is -0.395 e. The molecule has 0 aliphatic rings. The van der Waals surface area contributed by atoms with Crippen LogP contribution >= 0.6 is 11.3 Å². The molecule has 1 aromatic rings. The van der Waals surface area contributed by atoms with Gasteiger partial charge in [-0.3, -0.25) is 4.79 Å². The van der Waals surface area contributed by atoms with Crippen molar-refractivity contribution in [3.05, 3.63) is 21.9 Å². The number of hydrogen-bond acceptors (Lipinski definition) is 3. The lowest BCUT2D eigenvalue weighted by Crippen LogP contribution is -2.25. The van der Waals surface area contributed by atoms with Gasteiger partial charge in [0.25, 0.3) is 5.91 Å². The summed E-state index contributed by atoms with van der Waals surface area (Å²) >= 11 is 1.41. The Morgan fingerprint density at radius 2 is 2.50 bits per heavy atom. The summed E-state index contributed by atoms with van der Waals surface area (Å²) < 4.78 is 0. The van der Waals surface area contributed by atoms with E-state index in [2.05, 4.69) is 5.32 Å². The Kier molecular flexibility index (Phi) is 3.25. The lowest BCUT2D eigenvalue weighted by atomic mass is 10.3. The molecule has 1 heterocycles. The van der Waals surface area contributed by atoms with Gasteiger partial charge in [0.1, 0.15) is 0 Å². The number of aliphatic hydroxyl groups excluding tert-OH is 1. The van der Waals surface area contributed by atoms with Crippen LogP contribution < -0.4 is 5.32 Å². The lowest BCUT2D eigenvalue weighted by molar-refractivity contribution is 0.0949. The van der Waals surface area contributed by atoms with Gasteiger partial charge in [-0.1, -0.05) is 0 Å². The fourth-order valence-corrected chi connectivity index (χ4v) is 1.62. The number of hydrogen-bond donors (Lipinski definition) is 2. The van der Waals surface area contributed by atoms with Gasteiger partial charge in [-0.05, 0) is 23.9 Å². The van der Waals surface area contributed by atoms with E-state index in [0.717, 1.165) is 5.56 Å². The third-order valence-electron chi connectivity index (χ3n) is 1.35. The van der Waals surface area contributed by atoms with Gasteiger partial charge in [0.15, 0.2) is 0 Å². The number of nitrogens with one attached hydrogen (secondary N) is 1. The summed E-state index contributed by atoms with van der Waals surface area (Å²) in [5.41, 5.74) is 1.09. The first kappa shape index (κ1) is 9.22. The average Bonchev–Trinajstić information content (AvgIpc) is 2.47. The van der Waals surface area contributed by atoms with Gasteiger partial charge in [-0.2, -0.15) is 0 Å². The first-order chi connectivity index (χ1) is 5.74. The van der Waals surface area contributed by atoms with Gasteiger partial charge in [-0.15, -0.1) is 11.3 Å². The first-order valence-corrected chi connectivity index (χ1v) is 4.56. The molecule has 1 rings (SSSR count). The zero-order valence-electron chi connectivity index (χ0n) is 6.83. The maximum absolute atomic E-state index is 11.2. The predicted molar refractivity (Wildman–Crippen MR) is 48.5 cm³/mol. The molecule has 0 spiro atoms. The molecule has 66 valence electrons. The molecule has 0 aliphatic carbocycles. The molecule has 0 fully saturated rings. The van der Waals surface area contributed by atoms with Crippen LogP contribution in [-0.4, -0.2) is 24.2 Å². The van der Waals surface area contributed by atoms with E-state index in [1.807, 2.05) is 18.4 Å². The van der Waals surface area contributed by atoms with Crippen molar-refractivity contribution in [2.24, 2.45) is 0 Å². The topological polar surface area (TPSA) is 49.3 Å². The molecule has 1 aromatic heterocycles. The highest BCUT2D eigenvalue weighted by molar-refractivity contribution is 7.12. The Morgan fingerprint density at radius 3 is 3.00 bits per heavy atom. The van der Waals surface area contributed by atoms with Gasteiger partial charge in [0, 0.05) is 6.54 Å². The Morgan fingerprint density at radius 1 is 1.75 bits per heavy atom. The summed E-state index contributed by atoms with van der Waals surface area (Å²) in [7, 11) is 0. The highest BCUT2D eigenvalue weighted by Gasteiger charge is 2.05. The number of aliphatic hydroxyl groups is 1. The van der Waals surface area contributed by atoms with Gasteiger partial charge < -0.3 is 10.4 Å². The normalized spacial score (nSPS) is 9.83. The third-order valence-corrected chi connectivity index (χ3v) is 2.40. The van der Waals surface area contributed by atoms with Crippen molar-refractivity contribution in [3.63, 3.8) is 0 Å². The second-order valence-corrected chi connectivity index (χ2v) is 3.38. The van der Waals surface area contributed by atoms with Crippen LogP contribution in [0.3, 0.4) is 0 Å². The molecule has 0 saturated carbocycles. The van der Waals surface area contributed by atoms with Crippen LogP contribution in [0.2, 0.25) is 0 Å². The van der Waals surface area contributed by atoms with Crippen LogP contribution in [0.15, 0.2) is 11.4 Å². The first-order valence-electron chi connectivity index (χ1n) is 3.68. The molecule has 0 unspecified atom stereocenters. The molecule has 3 nitrogen and oxygen atoms in total. The fourth-order valence-electron chi connectivity index (χ4n) is 0.807. The number of amides is 1. The van der Waals surface area contributed by atoms with E-state index in [4.69, 9.17) is 5.11 Å². The molecular formula is C8H11NO2S. The number of carbonyl (C=O) groups is 1. The summed E-state index contributed by atoms with van der Waals surface area (Å²) in [6.45, 7) is 2.24. The van der Waals surface area contributed by atoms with Crippen molar-refractivity contribution >= 4 is 17.2 Å². The second-order valence-electron chi connectivity index (χ2n) is 2.47. The van der Waals surface area contributed by atoms with E-state index in [1.165, 1.54) is 11.3 Å². The summed E-state index contributed by atoms with van der Waals surface area (Å²) in [5, 5.41) is 13.0. The van der Waals surface area contributed by atoms with Crippen LogP contribution in [0.4, 0.5) is 0 Å². The van der Waals surface area contributed by atoms with E-state index in [-0.39, 0.29) is 12.5 Å². The van der Waals surface area contributed by atoms with Crippen LogP contribution in [-0.2, 0) is 0 Å². The molecule has 12 heavy (non-hydrogen) atoms. The lowest BCUT2D eigenvalue weighted by Gasteiger charge is -1.98. The van der Waals surface area contributed by atoms with E-state index in [0.29, 0.717) is 11.4 Å². The van der Waals surface area contributed by atoms with Gasteiger partial charge in [0.05, 0.1) is 11.5 Å². The van der Waals surface area contributed by atoms with Gasteiger partial charge in [0.2, 0.25) is 0 Å². The van der Waals surface area contributed by atoms with Crippen LogP contribution in [0.25, 0.3) is 0 Å². The third kappa shape index (κ3) is 2.32. The maximum atomic E-state index is 11.2. The van der Waals surface area contributed by atoms with Gasteiger partial charge >= 0.3 is 0 Å². The number of carbonyl (C=O) groups excluding carboxylic acids is 1. The Balaban J connectivity index is 2.53. The van der Waals surface area contributed by atoms with Crippen molar-refractivity contribution in [2.45, 2.75) is 6.92 Å². The molecule has 0 atom stereocenters. The average molecular weight is 185 g/mol. The smallest absolute Gasteiger partial charge is 0.261 e. The van der Waals surface area contributed by atoms with Crippen LogP contribution in [0, 0.1) is 6.92 Å². The maximum Gasteiger partial charge on any atom is 0.261 e. The summed E-state index contributed by atoms with van der Waals surface area (Å²) in [4.78, 5) is 11.9. The van der Waals surface area contributed by atoms with Crippen molar-refractivity contribution in [2.75, 3.05) is 13.2 Å². The largest absolute Gasteiger partial charge is 0.395 e. The summed E-state index contributed by atoms with van der Waals surface area (Å²) in [6.07, 6.45) is 0. The van der Waals surface area contributed by atoms with E-state index >= 15 is 0 Å². The number of rotatable bonds is 3. The molecule has 2 N–H and O–H groups in total. The second kappa shape index (κ2) is 4.23. The minimum absolute atomic E-state index is 0.0178. The number of aryl methyl sites for hydroxylation is 1. The Bertz CT molecular complexity index is 270. The molecule has 1 amide bonds. The van der Waals surface area contributed by atoms with Crippen LogP contribution in [0.5, 0.6) is 0 Å². The van der Waals surface area contributed by atoms with E-state index < -0.39 is 0 Å². The molecule has 4 heteroatoms. The predicted octanol–water partition coefficient (Wildman–Crippen LogP) is 0.779. The monoisotopic (exact) mass is 185 g/mol. The zero-order chi connectivity index (χ0) is 8.97. The summed E-state index contributed by atoms with van der Waals surface area (Å²) in [6, 6.07) is 1.83. The molecule has 0 radical (unpaired) electrons.